The largest absolute Gasteiger partial charge is 0.477 e. The lowest BCUT2D eigenvalue weighted by molar-refractivity contribution is 0.0697. The van der Waals surface area contributed by atoms with E-state index in [1.54, 1.807) is 29.2 Å². The highest BCUT2D eigenvalue weighted by atomic mass is 32.1. The standard InChI is InChI=1S/C24H23FN4O3S/c1-27-9-14-19-13(21(30)18(23(31)32)22-29(19)6-7-33-22)8-17(25)20(14)28-10-15-12-2-4-24(26,5-3-12)16(15)11-28/h2,4,6-9,12,15-16H,3,5,10-11,26H2,1H3,(H,31,32). The van der Waals surface area contributed by atoms with Gasteiger partial charge in [0.25, 0.3) is 0 Å². The zero-order chi connectivity index (χ0) is 23.1. The molecule has 3 heterocycles. The van der Waals surface area contributed by atoms with Crippen molar-refractivity contribution in [1.29, 1.82) is 0 Å². The van der Waals surface area contributed by atoms with E-state index in [1.165, 1.54) is 17.4 Å². The molecule has 1 saturated carbocycles. The lowest BCUT2D eigenvalue weighted by Crippen LogP contribution is -2.55. The van der Waals surface area contributed by atoms with Gasteiger partial charge in [0, 0.05) is 54.9 Å². The van der Waals surface area contributed by atoms with Crippen molar-refractivity contribution in [3.05, 3.63) is 57.0 Å². The molecule has 0 amide bonds. The number of aliphatic imine (C=N–C) groups is 1. The Hall–Kier alpha value is -3.04. The molecule has 3 aliphatic carbocycles. The molecule has 9 heteroatoms. The minimum Gasteiger partial charge on any atom is -0.477 e. The van der Waals surface area contributed by atoms with Gasteiger partial charge in [-0.15, -0.1) is 11.3 Å². The Bertz CT molecular complexity index is 1460. The van der Waals surface area contributed by atoms with Crippen molar-refractivity contribution in [1.82, 2.24) is 4.40 Å². The first-order chi connectivity index (χ1) is 15.8. The van der Waals surface area contributed by atoms with Crippen LogP contribution in [0.15, 0.2) is 39.6 Å². The van der Waals surface area contributed by atoms with Gasteiger partial charge in [-0.25, -0.2) is 9.18 Å². The number of nitrogens with two attached hydrogens (primary N) is 1. The van der Waals surface area contributed by atoms with Crippen LogP contribution >= 0.6 is 11.3 Å². The summed E-state index contributed by atoms with van der Waals surface area (Å²) in [6.45, 7) is 1.31. The zero-order valence-electron chi connectivity index (χ0n) is 18.0. The SMILES string of the molecule is CN=Cc1c(N2CC3C4C=CC(N)(CC4)C3C2)c(F)cc2c(=O)c(C(=O)O)c3sccn3c12. The van der Waals surface area contributed by atoms with Gasteiger partial charge in [-0.1, -0.05) is 12.2 Å². The Morgan fingerprint density at radius 1 is 1.42 bits per heavy atom. The number of pyridine rings is 1. The average Bonchev–Trinajstić information content (AvgIpc) is 3.43. The van der Waals surface area contributed by atoms with Gasteiger partial charge in [0.1, 0.15) is 16.2 Å². The molecular weight excluding hydrogens is 443 g/mol. The number of fused-ring (bicyclic) bond motifs is 4. The average molecular weight is 467 g/mol. The maximum Gasteiger partial charge on any atom is 0.342 e. The lowest BCUT2D eigenvalue weighted by Gasteiger charge is -2.47. The summed E-state index contributed by atoms with van der Waals surface area (Å²) in [5.41, 5.74) is 6.70. The minimum absolute atomic E-state index is 0.0353. The maximum atomic E-state index is 15.7. The van der Waals surface area contributed by atoms with Crippen molar-refractivity contribution in [2.45, 2.75) is 18.4 Å². The monoisotopic (exact) mass is 466 g/mol. The number of carboxylic acid groups (broad SMARTS) is 1. The van der Waals surface area contributed by atoms with Gasteiger partial charge in [-0.05, 0) is 30.7 Å². The second-order valence-corrected chi connectivity index (χ2v) is 10.2. The highest BCUT2D eigenvalue weighted by molar-refractivity contribution is 7.16. The van der Waals surface area contributed by atoms with E-state index in [2.05, 4.69) is 17.1 Å². The van der Waals surface area contributed by atoms with Crippen molar-refractivity contribution in [2.24, 2.45) is 28.5 Å². The molecule has 0 radical (unpaired) electrons. The number of thiazole rings is 1. The molecule has 3 aromatic rings. The third kappa shape index (κ3) is 2.72. The Labute approximate surface area is 192 Å². The minimum atomic E-state index is -1.32. The lowest BCUT2D eigenvalue weighted by atomic mass is 9.60. The van der Waals surface area contributed by atoms with E-state index in [0.717, 1.165) is 12.8 Å². The highest BCUT2D eigenvalue weighted by Crippen LogP contribution is 2.51. The van der Waals surface area contributed by atoms with E-state index in [4.69, 9.17) is 5.73 Å². The molecule has 2 fully saturated rings. The highest BCUT2D eigenvalue weighted by Gasteiger charge is 2.52. The normalized spacial score (nSPS) is 28.5. The van der Waals surface area contributed by atoms with Crippen molar-refractivity contribution in [3.8, 4) is 0 Å². The second kappa shape index (κ2) is 6.98. The summed E-state index contributed by atoms with van der Waals surface area (Å²) < 4.78 is 17.4. The van der Waals surface area contributed by atoms with Crippen LogP contribution in [-0.4, -0.2) is 47.4 Å². The number of aromatic nitrogens is 1. The molecule has 2 aromatic heterocycles. The number of carboxylic acids is 1. The predicted molar refractivity (Wildman–Crippen MR) is 127 cm³/mol. The molecule has 7 nitrogen and oxygen atoms in total. The van der Waals surface area contributed by atoms with Gasteiger partial charge in [0.2, 0.25) is 5.43 Å². The third-order valence-corrected chi connectivity index (χ3v) is 8.64. The summed E-state index contributed by atoms with van der Waals surface area (Å²) in [5, 5.41) is 11.4. The summed E-state index contributed by atoms with van der Waals surface area (Å²) in [4.78, 5) is 31.5. The van der Waals surface area contributed by atoms with Gasteiger partial charge in [0.15, 0.2) is 0 Å². The van der Waals surface area contributed by atoms with Crippen LogP contribution < -0.4 is 16.1 Å². The van der Waals surface area contributed by atoms with Gasteiger partial charge in [0.05, 0.1) is 16.6 Å². The first-order valence-corrected chi connectivity index (χ1v) is 11.9. The Kier molecular flexibility index (Phi) is 4.35. The van der Waals surface area contributed by atoms with Crippen molar-refractivity contribution in [2.75, 3.05) is 25.0 Å². The number of hydrogen-bond acceptors (Lipinski definition) is 6. The van der Waals surface area contributed by atoms with Crippen LogP contribution in [0.25, 0.3) is 15.7 Å². The molecule has 2 bridgehead atoms. The molecule has 4 unspecified atom stereocenters. The van der Waals surface area contributed by atoms with E-state index in [0.29, 0.717) is 46.5 Å². The fourth-order valence-corrected chi connectivity index (χ4v) is 7.16. The van der Waals surface area contributed by atoms with Gasteiger partial charge >= 0.3 is 5.97 Å². The number of aromatic carboxylic acids is 1. The van der Waals surface area contributed by atoms with Crippen LogP contribution in [0.4, 0.5) is 10.1 Å². The molecule has 1 aliphatic heterocycles. The van der Waals surface area contributed by atoms with Crippen LogP contribution in [0.2, 0.25) is 0 Å². The van der Waals surface area contributed by atoms with Crippen LogP contribution in [0.5, 0.6) is 0 Å². The predicted octanol–water partition coefficient (Wildman–Crippen LogP) is 3.13. The molecule has 4 atom stereocenters. The number of benzene rings is 1. The Balaban J connectivity index is 1.61. The van der Waals surface area contributed by atoms with Crippen molar-refractivity contribution in [3.63, 3.8) is 0 Å². The number of hydrogen-bond donors (Lipinski definition) is 2. The van der Waals surface area contributed by atoms with Crippen molar-refractivity contribution >= 4 is 44.9 Å². The Morgan fingerprint density at radius 3 is 2.91 bits per heavy atom. The van der Waals surface area contributed by atoms with E-state index in [9.17, 15) is 14.7 Å². The molecule has 7 rings (SSSR count). The molecule has 0 spiro atoms. The number of carbonyl (C=O) groups is 1. The number of halogens is 1. The van der Waals surface area contributed by atoms with Gasteiger partial charge in [-0.2, -0.15) is 0 Å². The smallest absolute Gasteiger partial charge is 0.342 e. The van der Waals surface area contributed by atoms with E-state index in [-0.39, 0.29) is 22.4 Å². The van der Waals surface area contributed by atoms with E-state index < -0.39 is 17.2 Å². The maximum absolute atomic E-state index is 15.7. The molecule has 1 saturated heterocycles. The molecule has 1 aromatic carbocycles. The van der Waals surface area contributed by atoms with Crippen LogP contribution in [0.3, 0.4) is 0 Å². The Morgan fingerprint density at radius 2 is 2.24 bits per heavy atom. The summed E-state index contributed by atoms with van der Waals surface area (Å²) in [7, 11) is 1.60. The molecule has 33 heavy (non-hydrogen) atoms. The summed E-state index contributed by atoms with van der Waals surface area (Å²) in [6.07, 6.45) is 9.63. The van der Waals surface area contributed by atoms with Crippen LogP contribution in [0.1, 0.15) is 28.8 Å². The first-order valence-electron chi connectivity index (χ1n) is 11.0. The molecular formula is C24H23FN4O3S. The van der Waals surface area contributed by atoms with Crippen LogP contribution in [0, 0.1) is 23.6 Å². The topological polar surface area (TPSA) is 100 Å². The number of nitrogens with zero attached hydrogens (tertiary/aromatic N) is 3. The summed E-state index contributed by atoms with van der Waals surface area (Å²) in [6, 6.07) is 1.18. The van der Waals surface area contributed by atoms with E-state index in [1.807, 2.05) is 4.90 Å². The van der Waals surface area contributed by atoms with Crippen molar-refractivity contribution < 1.29 is 14.3 Å². The quantitative estimate of drug-likeness (QED) is 0.456. The zero-order valence-corrected chi connectivity index (χ0v) is 18.8. The third-order valence-electron chi connectivity index (χ3n) is 7.76. The van der Waals surface area contributed by atoms with Gasteiger partial charge in [-0.3, -0.25) is 9.79 Å². The molecule has 170 valence electrons. The number of rotatable bonds is 3. The van der Waals surface area contributed by atoms with Crippen LogP contribution in [-0.2, 0) is 0 Å². The summed E-state index contributed by atoms with van der Waals surface area (Å²) >= 11 is 1.17. The fraction of sp³-hybridized carbons (Fsp3) is 0.375. The molecule has 4 aliphatic rings. The first kappa shape index (κ1) is 20.6. The van der Waals surface area contributed by atoms with Gasteiger partial charge < -0.3 is 20.1 Å². The second-order valence-electron chi connectivity index (χ2n) is 9.34. The number of anilines is 1. The molecule has 3 N–H and O–H groups in total. The van der Waals surface area contributed by atoms with E-state index >= 15 is 4.39 Å². The summed E-state index contributed by atoms with van der Waals surface area (Å²) in [5.74, 6) is -0.834. The number of allylic oxidation sites excluding steroid dienone is 1. The fourth-order valence-electron chi connectivity index (χ4n) is 6.29.